The van der Waals surface area contributed by atoms with E-state index in [-0.39, 0.29) is 21.7 Å². The van der Waals surface area contributed by atoms with Gasteiger partial charge in [-0.2, -0.15) is 0 Å². The monoisotopic (exact) mass is 896 g/mol. The van der Waals surface area contributed by atoms with Crippen molar-refractivity contribution in [2.24, 2.45) is 0 Å². The maximum Gasteiger partial charge on any atom is 0.136 e. The van der Waals surface area contributed by atoms with Crippen LogP contribution < -0.4 is 0 Å². The van der Waals surface area contributed by atoms with Crippen molar-refractivity contribution in [1.29, 1.82) is 0 Å². The molecule has 0 radical (unpaired) electrons. The van der Waals surface area contributed by atoms with E-state index < -0.39 is 0 Å². The summed E-state index contributed by atoms with van der Waals surface area (Å²) in [5.74, 6) is 0. The van der Waals surface area contributed by atoms with Crippen molar-refractivity contribution in [3.8, 4) is 44.5 Å². The summed E-state index contributed by atoms with van der Waals surface area (Å²) in [6.07, 6.45) is 0. The largest absolute Gasteiger partial charge is 0.456 e. The first-order valence-electron chi connectivity index (χ1n) is 24.9. The van der Waals surface area contributed by atoms with Gasteiger partial charge in [0.15, 0.2) is 0 Å². The van der Waals surface area contributed by atoms with Gasteiger partial charge in [0.25, 0.3) is 0 Å². The van der Waals surface area contributed by atoms with Crippen LogP contribution >= 0.6 is 0 Å². The highest BCUT2D eigenvalue weighted by molar-refractivity contribution is 6.26. The topological polar surface area (TPSA) is 13.1 Å². The van der Waals surface area contributed by atoms with Gasteiger partial charge in [0.1, 0.15) is 11.2 Å². The Morgan fingerprint density at radius 2 is 0.594 bits per heavy atom. The Kier molecular flexibility index (Phi) is 10.2. The number of fused-ring (bicyclic) bond motifs is 7. The highest BCUT2D eigenvalue weighted by atomic mass is 16.3. The zero-order valence-electron chi connectivity index (χ0n) is 42.6. The molecule has 0 aliphatic carbocycles. The molecule has 1 heteroatoms. The van der Waals surface area contributed by atoms with E-state index in [4.69, 9.17) is 4.42 Å². The molecule has 0 fully saturated rings. The van der Waals surface area contributed by atoms with Crippen molar-refractivity contribution in [2.75, 3.05) is 0 Å². The normalized spacial score (nSPS) is 12.9. The van der Waals surface area contributed by atoms with Crippen LogP contribution in [0, 0.1) is 0 Å². The molecule has 342 valence electrons. The maximum absolute atomic E-state index is 6.99. The molecule has 0 unspecified atom stereocenters. The smallest absolute Gasteiger partial charge is 0.136 e. The lowest BCUT2D eigenvalue weighted by atomic mass is 9.77. The van der Waals surface area contributed by atoms with Gasteiger partial charge in [-0.3, -0.25) is 0 Å². The van der Waals surface area contributed by atoms with Crippen molar-refractivity contribution in [3.05, 3.63) is 192 Å². The lowest BCUT2D eigenvalue weighted by Gasteiger charge is -2.27. The molecule has 10 aromatic carbocycles. The van der Waals surface area contributed by atoms with Gasteiger partial charge < -0.3 is 4.42 Å². The predicted molar refractivity (Wildman–Crippen MR) is 300 cm³/mol. The standard InChI is InChI=1S/C68H64O/c1-65(2,3)44-34-42(35-45(39-44)66(4,5)6)61-50-24-15-13-22-48(50)60(49-23-14-16-25-51(49)61)41-32-33-56-59(38-41)69-58-31-21-30-57(64(56)58)63-54-28-19-17-26-52(54)62(53-27-18-20-29-55(53)63)43-36-46(67(7,8)9)40-47(37-43)68(10,11)12/h13-40H,1-12H3. The minimum absolute atomic E-state index is 0.00182. The van der Waals surface area contributed by atoms with Crippen LogP contribution in [-0.4, -0.2) is 0 Å². The molecular weight excluding hydrogens is 833 g/mol. The van der Waals surface area contributed by atoms with E-state index in [1.165, 1.54) is 104 Å². The molecule has 0 bridgehead atoms. The summed E-state index contributed by atoms with van der Waals surface area (Å²) >= 11 is 0. The first-order chi connectivity index (χ1) is 32.8. The maximum atomic E-state index is 6.99. The van der Waals surface area contributed by atoms with E-state index in [0.29, 0.717) is 0 Å². The molecule has 1 aromatic heterocycles. The Hall–Kier alpha value is -6.96. The molecule has 0 atom stereocenters. The van der Waals surface area contributed by atoms with E-state index in [1.807, 2.05) is 0 Å². The van der Waals surface area contributed by atoms with Gasteiger partial charge in [-0.25, -0.2) is 0 Å². The highest BCUT2D eigenvalue weighted by Crippen LogP contribution is 2.50. The SMILES string of the molecule is CC(C)(C)c1cc(-c2c3ccccc3c(-c3ccc4c(c3)oc3cccc(-c5c6ccccc6c(-c6cc(C(C)(C)C)cc(C(C)(C)C)c6)c6ccccc56)c34)c3ccccc23)cc(C(C)(C)C)c1. The number of hydrogen-bond acceptors (Lipinski definition) is 1. The fourth-order valence-corrected chi connectivity index (χ4v) is 10.9. The van der Waals surface area contributed by atoms with Crippen LogP contribution in [0.15, 0.2) is 174 Å². The minimum atomic E-state index is -0.00182. The second-order valence-electron chi connectivity index (χ2n) is 23.8. The van der Waals surface area contributed by atoms with Crippen LogP contribution in [0.2, 0.25) is 0 Å². The molecule has 0 aliphatic rings. The zero-order valence-corrected chi connectivity index (χ0v) is 42.6. The lowest BCUT2D eigenvalue weighted by molar-refractivity contribution is 0.568. The Morgan fingerprint density at radius 3 is 0.942 bits per heavy atom. The Labute approximate surface area is 408 Å². The number of furan rings is 1. The van der Waals surface area contributed by atoms with E-state index in [1.54, 1.807) is 0 Å². The third kappa shape index (κ3) is 7.53. The molecule has 0 amide bonds. The summed E-state index contributed by atoms with van der Waals surface area (Å²) in [7, 11) is 0. The van der Waals surface area contributed by atoms with Crippen molar-refractivity contribution in [3.63, 3.8) is 0 Å². The first-order valence-corrected chi connectivity index (χ1v) is 24.9. The van der Waals surface area contributed by atoms with Crippen LogP contribution in [0.25, 0.3) is 110 Å². The van der Waals surface area contributed by atoms with Gasteiger partial charge in [0.05, 0.1) is 0 Å². The molecule has 0 saturated carbocycles. The van der Waals surface area contributed by atoms with Crippen molar-refractivity contribution < 1.29 is 4.42 Å². The molecule has 0 saturated heterocycles. The van der Waals surface area contributed by atoms with Gasteiger partial charge in [-0.1, -0.05) is 235 Å². The summed E-state index contributed by atoms with van der Waals surface area (Å²) in [6.45, 7) is 27.9. The summed E-state index contributed by atoms with van der Waals surface area (Å²) < 4.78 is 6.99. The van der Waals surface area contributed by atoms with Crippen LogP contribution in [-0.2, 0) is 21.7 Å². The van der Waals surface area contributed by atoms with E-state index in [2.05, 4.69) is 253 Å². The van der Waals surface area contributed by atoms with Crippen LogP contribution in [0.4, 0.5) is 0 Å². The van der Waals surface area contributed by atoms with Crippen molar-refractivity contribution in [2.45, 2.75) is 105 Å². The molecule has 0 aliphatic heterocycles. The summed E-state index contributed by atoms with van der Waals surface area (Å²) in [6, 6.07) is 64.2. The summed E-state index contributed by atoms with van der Waals surface area (Å²) in [5.41, 5.74) is 17.1. The molecular formula is C68H64O. The van der Waals surface area contributed by atoms with E-state index in [9.17, 15) is 0 Å². The first kappa shape index (κ1) is 44.5. The lowest BCUT2D eigenvalue weighted by Crippen LogP contribution is -2.16. The third-order valence-electron chi connectivity index (χ3n) is 14.8. The number of hydrogen-bond donors (Lipinski definition) is 0. The third-order valence-corrected chi connectivity index (χ3v) is 14.8. The minimum Gasteiger partial charge on any atom is -0.456 e. The molecule has 0 spiro atoms. The van der Waals surface area contributed by atoms with Crippen LogP contribution in [0.3, 0.4) is 0 Å². The number of benzene rings is 10. The Morgan fingerprint density at radius 1 is 0.261 bits per heavy atom. The molecule has 11 rings (SSSR count). The summed E-state index contributed by atoms with van der Waals surface area (Å²) in [5, 5.41) is 12.2. The van der Waals surface area contributed by atoms with Gasteiger partial charge in [-0.15, -0.1) is 0 Å². The van der Waals surface area contributed by atoms with E-state index in [0.717, 1.165) is 27.5 Å². The average Bonchev–Trinajstić information content (AvgIpc) is 3.69. The Bertz CT molecular complexity index is 3680. The zero-order chi connectivity index (χ0) is 48.4. The summed E-state index contributed by atoms with van der Waals surface area (Å²) in [4.78, 5) is 0. The predicted octanol–water partition coefficient (Wildman–Crippen LogP) is 20.1. The molecule has 11 aromatic rings. The van der Waals surface area contributed by atoms with Gasteiger partial charge >= 0.3 is 0 Å². The second-order valence-corrected chi connectivity index (χ2v) is 23.8. The quantitative estimate of drug-likeness (QED) is 0.160. The molecule has 1 nitrogen and oxygen atoms in total. The average molecular weight is 897 g/mol. The van der Waals surface area contributed by atoms with Crippen LogP contribution in [0.1, 0.15) is 105 Å². The van der Waals surface area contributed by atoms with Gasteiger partial charge in [0.2, 0.25) is 0 Å². The van der Waals surface area contributed by atoms with Gasteiger partial charge in [0, 0.05) is 10.8 Å². The number of rotatable bonds is 4. The second kappa shape index (κ2) is 15.8. The van der Waals surface area contributed by atoms with Crippen LogP contribution in [0.5, 0.6) is 0 Å². The van der Waals surface area contributed by atoms with E-state index >= 15 is 0 Å². The molecule has 69 heavy (non-hydrogen) atoms. The van der Waals surface area contributed by atoms with Crippen molar-refractivity contribution in [1.82, 2.24) is 0 Å². The Balaban J connectivity index is 1.14. The fourth-order valence-electron chi connectivity index (χ4n) is 10.9. The van der Waals surface area contributed by atoms with Gasteiger partial charge in [-0.05, 0) is 150 Å². The highest BCUT2D eigenvalue weighted by Gasteiger charge is 2.27. The fraction of sp³-hybridized carbons (Fsp3) is 0.235. The molecule has 0 N–H and O–H groups in total. The molecule has 1 heterocycles. The van der Waals surface area contributed by atoms with Crippen molar-refractivity contribution >= 4 is 65.0 Å².